The Balaban J connectivity index is 2.83. The van der Waals surface area contributed by atoms with Crippen LogP contribution in [-0.4, -0.2) is 6.29 Å². The van der Waals surface area contributed by atoms with E-state index in [0.29, 0.717) is 15.4 Å². The van der Waals surface area contributed by atoms with E-state index in [1.807, 2.05) is 0 Å². The maximum Gasteiger partial charge on any atom is 0.151 e. The zero-order valence-corrected chi connectivity index (χ0v) is 8.78. The summed E-state index contributed by atoms with van der Waals surface area (Å²) in [6.07, 6.45) is 0.751. The van der Waals surface area contributed by atoms with Crippen molar-refractivity contribution in [2.24, 2.45) is 0 Å². The Hall–Kier alpha value is -0.740. The van der Waals surface area contributed by atoms with E-state index in [1.165, 1.54) is 16.7 Å². The van der Waals surface area contributed by atoms with E-state index in [0.717, 1.165) is 11.0 Å². The molecule has 0 aliphatic carbocycles. The zero-order valence-electron chi connectivity index (χ0n) is 6.38. The molecular formula is C9H4BrFOS. The molecule has 2 aromatic rings. The summed E-state index contributed by atoms with van der Waals surface area (Å²) >= 11 is 4.50. The lowest BCUT2D eigenvalue weighted by atomic mass is 10.2. The quantitative estimate of drug-likeness (QED) is 0.715. The number of halogens is 2. The van der Waals surface area contributed by atoms with Crippen LogP contribution in [0.5, 0.6) is 0 Å². The van der Waals surface area contributed by atoms with Gasteiger partial charge < -0.3 is 0 Å². The van der Waals surface area contributed by atoms with Crippen LogP contribution in [-0.2, 0) is 0 Å². The van der Waals surface area contributed by atoms with Crippen LogP contribution in [0.2, 0.25) is 0 Å². The molecule has 0 spiro atoms. The third kappa shape index (κ3) is 1.40. The summed E-state index contributed by atoms with van der Waals surface area (Å²) in [6.45, 7) is 0. The predicted octanol–water partition coefficient (Wildman–Crippen LogP) is 3.62. The van der Waals surface area contributed by atoms with Crippen LogP contribution in [0.15, 0.2) is 22.0 Å². The molecule has 0 atom stereocenters. The summed E-state index contributed by atoms with van der Waals surface area (Å²) in [5.74, 6) is -0.238. The second-order valence-electron chi connectivity index (χ2n) is 2.57. The minimum Gasteiger partial charge on any atom is -0.298 e. The maximum atomic E-state index is 13.1. The van der Waals surface area contributed by atoms with Crippen LogP contribution in [0, 0.1) is 5.82 Å². The second kappa shape index (κ2) is 3.20. The first-order valence-corrected chi connectivity index (χ1v) is 5.21. The number of thiophene rings is 1. The molecule has 1 aromatic carbocycles. The van der Waals surface area contributed by atoms with E-state index in [4.69, 9.17) is 0 Å². The van der Waals surface area contributed by atoms with Gasteiger partial charge in [-0.2, -0.15) is 0 Å². The highest BCUT2D eigenvalue weighted by Crippen LogP contribution is 2.29. The fourth-order valence-corrected chi connectivity index (χ4v) is 2.39. The molecule has 1 aromatic heterocycles. The summed E-state index contributed by atoms with van der Waals surface area (Å²) in [5, 5.41) is 1.99. The first-order chi connectivity index (χ1) is 6.22. The number of rotatable bonds is 1. The fourth-order valence-electron chi connectivity index (χ4n) is 1.12. The van der Waals surface area contributed by atoms with Crippen molar-refractivity contribution in [3.8, 4) is 0 Å². The molecule has 0 aliphatic heterocycles. The lowest BCUT2D eigenvalue weighted by Crippen LogP contribution is -1.81. The van der Waals surface area contributed by atoms with E-state index in [-0.39, 0.29) is 5.82 Å². The van der Waals surface area contributed by atoms with Gasteiger partial charge in [-0.1, -0.05) is 15.9 Å². The van der Waals surface area contributed by atoms with Gasteiger partial charge in [-0.05, 0) is 12.1 Å². The SMILES string of the molecule is O=Cc1cc2scc(F)c2cc1Br. The number of carbonyl (C=O) groups is 1. The molecule has 0 radical (unpaired) electrons. The Bertz CT molecular complexity index is 478. The average Bonchev–Trinajstić information content (AvgIpc) is 2.47. The van der Waals surface area contributed by atoms with Crippen molar-refractivity contribution in [3.63, 3.8) is 0 Å². The molecule has 4 heteroatoms. The molecule has 0 saturated carbocycles. The number of fused-ring (bicyclic) bond motifs is 1. The van der Waals surface area contributed by atoms with Gasteiger partial charge >= 0.3 is 0 Å². The van der Waals surface area contributed by atoms with Gasteiger partial charge in [0.15, 0.2) is 6.29 Å². The van der Waals surface area contributed by atoms with Crippen molar-refractivity contribution in [2.75, 3.05) is 0 Å². The minimum absolute atomic E-state index is 0.238. The average molecular weight is 259 g/mol. The van der Waals surface area contributed by atoms with E-state index < -0.39 is 0 Å². The monoisotopic (exact) mass is 258 g/mol. The molecule has 2 rings (SSSR count). The molecule has 66 valence electrons. The van der Waals surface area contributed by atoms with Gasteiger partial charge in [0.05, 0.1) is 0 Å². The predicted molar refractivity (Wildman–Crippen MR) is 54.9 cm³/mol. The van der Waals surface area contributed by atoms with Crippen molar-refractivity contribution < 1.29 is 9.18 Å². The molecule has 0 unspecified atom stereocenters. The van der Waals surface area contributed by atoms with Crippen LogP contribution >= 0.6 is 27.3 Å². The number of carbonyl (C=O) groups excluding carboxylic acids is 1. The first kappa shape index (κ1) is 8.84. The van der Waals surface area contributed by atoms with Crippen molar-refractivity contribution in [1.82, 2.24) is 0 Å². The highest BCUT2D eigenvalue weighted by molar-refractivity contribution is 9.10. The molecule has 0 N–H and O–H groups in total. The molecule has 0 saturated heterocycles. The molecule has 0 amide bonds. The van der Waals surface area contributed by atoms with Crippen molar-refractivity contribution in [2.45, 2.75) is 0 Å². The Morgan fingerprint density at radius 3 is 2.92 bits per heavy atom. The molecule has 0 bridgehead atoms. The highest BCUT2D eigenvalue weighted by Gasteiger charge is 2.07. The summed E-state index contributed by atoms with van der Waals surface area (Å²) < 4.78 is 14.5. The molecule has 1 nitrogen and oxygen atoms in total. The lowest BCUT2D eigenvalue weighted by Gasteiger charge is -1.96. The van der Waals surface area contributed by atoms with Gasteiger partial charge in [0.1, 0.15) is 5.82 Å². The number of hydrogen-bond acceptors (Lipinski definition) is 2. The summed E-state index contributed by atoms with van der Waals surface area (Å²) in [5.41, 5.74) is 0.550. The van der Waals surface area contributed by atoms with Crippen LogP contribution in [0.3, 0.4) is 0 Å². The Labute approximate surface area is 86.3 Å². The van der Waals surface area contributed by atoms with Crippen molar-refractivity contribution in [3.05, 3.63) is 33.4 Å². The Morgan fingerprint density at radius 1 is 1.46 bits per heavy atom. The van der Waals surface area contributed by atoms with Gasteiger partial charge in [0.25, 0.3) is 0 Å². The molecule has 13 heavy (non-hydrogen) atoms. The third-order valence-electron chi connectivity index (χ3n) is 1.77. The molecular weight excluding hydrogens is 255 g/mol. The summed E-state index contributed by atoms with van der Waals surface area (Å²) in [7, 11) is 0. The maximum absolute atomic E-state index is 13.1. The topological polar surface area (TPSA) is 17.1 Å². The van der Waals surface area contributed by atoms with Gasteiger partial charge in [0.2, 0.25) is 0 Å². The summed E-state index contributed by atoms with van der Waals surface area (Å²) in [6, 6.07) is 3.31. The van der Waals surface area contributed by atoms with Crippen LogP contribution in [0.25, 0.3) is 10.1 Å². The number of benzene rings is 1. The van der Waals surface area contributed by atoms with Crippen molar-refractivity contribution >= 4 is 43.6 Å². The third-order valence-corrected chi connectivity index (χ3v) is 3.38. The zero-order chi connectivity index (χ0) is 9.42. The Kier molecular flexibility index (Phi) is 2.17. The van der Waals surface area contributed by atoms with Crippen LogP contribution in [0.1, 0.15) is 10.4 Å². The van der Waals surface area contributed by atoms with Gasteiger partial charge in [-0.15, -0.1) is 11.3 Å². The summed E-state index contributed by atoms with van der Waals surface area (Å²) in [4.78, 5) is 10.6. The standard InChI is InChI=1S/C9H4BrFOS/c10-7-2-6-8(11)4-13-9(6)1-5(7)3-12/h1-4H. The smallest absolute Gasteiger partial charge is 0.151 e. The first-order valence-electron chi connectivity index (χ1n) is 3.54. The lowest BCUT2D eigenvalue weighted by molar-refractivity contribution is 0.112. The van der Waals surface area contributed by atoms with E-state index >= 15 is 0 Å². The van der Waals surface area contributed by atoms with Crippen LogP contribution in [0.4, 0.5) is 4.39 Å². The highest BCUT2D eigenvalue weighted by atomic mass is 79.9. The fraction of sp³-hybridized carbons (Fsp3) is 0. The normalized spacial score (nSPS) is 10.6. The van der Waals surface area contributed by atoms with Gasteiger partial charge in [-0.25, -0.2) is 4.39 Å². The van der Waals surface area contributed by atoms with Crippen LogP contribution < -0.4 is 0 Å². The Morgan fingerprint density at radius 2 is 2.23 bits per heavy atom. The van der Waals surface area contributed by atoms with E-state index in [1.54, 1.807) is 12.1 Å². The van der Waals surface area contributed by atoms with Gasteiger partial charge in [-0.3, -0.25) is 4.79 Å². The van der Waals surface area contributed by atoms with Crippen molar-refractivity contribution in [1.29, 1.82) is 0 Å². The largest absolute Gasteiger partial charge is 0.298 e. The van der Waals surface area contributed by atoms with Gasteiger partial charge in [0, 0.05) is 25.5 Å². The number of hydrogen-bond donors (Lipinski definition) is 0. The second-order valence-corrected chi connectivity index (χ2v) is 4.34. The molecule has 0 aliphatic rings. The minimum atomic E-state index is -0.238. The van der Waals surface area contributed by atoms with E-state index in [2.05, 4.69) is 15.9 Å². The number of aldehydes is 1. The van der Waals surface area contributed by atoms with E-state index in [9.17, 15) is 9.18 Å². The molecule has 1 heterocycles. The molecule has 0 fully saturated rings.